The number of hydrogen-bond donors (Lipinski definition) is 5. The maximum atomic E-state index is 14.1. The predicted octanol–water partition coefficient (Wildman–Crippen LogP) is 6.30. The Bertz CT molecular complexity index is 1890. The van der Waals surface area contributed by atoms with Gasteiger partial charge in [0.25, 0.3) is 0 Å². The van der Waals surface area contributed by atoms with Gasteiger partial charge >= 0.3 is 13.9 Å². The summed E-state index contributed by atoms with van der Waals surface area (Å²) in [5, 5.41) is 5.31. The number of nitrogens with one attached hydrogen (secondary N) is 4. The first-order valence-electron chi connectivity index (χ1n) is 16.3. The van der Waals surface area contributed by atoms with Crippen molar-refractivity contribution < 1.29 is 42.4 Å². The van der Waals surface area contributed by atoms with Gasteiger partial charge in [0.1, 0.15) is 29.2 Å². The molecule has 0 aliphatic carbocycles. The number of carbonyl (C=O) groups excluding carboxylic acids is 3. The lowest BCUT2D eigenvalue weighted by Crippen LogP contribution is -2.57. The second kappa shape index (κ2) is 17.1. The molecular weight excluding hydrogens is 707 g/mol. The van der Waals surface area contributed by atoms with Crippen molar-refractivity contribution in [2.24, 2.45) is 0 Å². The molecule has 0 radical (unpaired) electrons. The molecule has 3 amide bonds. The van der Waals surface area contributed by atoms with Gasteiger partial charge in [0.2, 0.25) is 11.8 Å². The van der Waals surface area contributed by atoms with E-state index in [0.717, 1.165) is 10.5 Å². The fourth-order valence-corrected chi connectivity index (χ4v) is 7.20. The summed E-state index contributed by atoms with van der Waals surface area (Å²) < 4.78 is 33.6. The van der Waals surface area contributed by atoms with Gasteiger partial charge in [-0.1, -0.05) is 66.7 Å². The first kappa shape index (κ1) is 38.4. The molecule has 5 rings (SSSR count). The number of phosphoric ester groups is 1. The van der Waals surface area contributed by atoms with E-state index in [-0.39, 0.29) is 18.8 Å². The Balaban J connectivity index is 1.34. The van der Waals surface area contributed by atoms with Crippen LogP contribution in [-0.2, 0) is 36.4 Å². The first-order valence-corrected chi connectivity index (χ1v) is 18.7. The minimum absolute atomic E-state index is 0.0259. The summed E-state index contributed by atoms with van der Waals surface area (Å²) in [5.74, 6) is -0.300. The van der Waals surface area contributed by atoms with E-state index in [1.54, 1.807) is 82.5 Å². The van der Waals surface area contributed by atoms with Crippen molar-refractivity contribution in [3.8, 4) is 11.5 Å². The van der Waals surface area contributed by atoms with Gasteiger partial charge in [0.05, 0.1) is 24.7 Å². The number of phosphoric acid groups is 1. The number of carbonyl (C=O) groups is 3. The average Bonchev–Trinajstić information content (AvgIpc) is 3.25. The maximum absolute atomic E-state index is 14.1. The van der Waals surface area contributed by atoms with Gasteiger partial charge in [0, 0.05) is 4.90 Å². The number of thioether (sulfide) groups is 1. The van der Waals surface area contributed by atoms with E-state index in [1.165, 1.54) is 23.9 Å². The summed E-state index contributed by atoms with van der Waals surface area (Å²) in [6.07, 6.45) is -0.782. The van der Waals surface area contributed by atoms with Crippen molar-refractivity contribution in [3.05, 3.63) is 120 Å². The number of para-hydroxylation sites is 1. The van der Waals surface area contributed by atoms with E-state index in [1.807, 2.05) is 36.4 Å². The van der Waals surface area contributed by atoms with E-state index in [9.17, 15) is 23.8 Å². The number of fused-ring (bicyclic) bond motifs is 1. The van der Waals surface area contributed by atoms with Crippen LogP contribution in [0, 0.1) is 0 Å². The molecule has 0 saturated carbocycles. The lowest BCUT2D eigenvalue weighted by Gasteiger charge is -2.28. The molecule has 0 aromatic heterocycles. The molecule has 1 aliphatic heterocycles. The van der Waals surface area contributed by atoms with Crippen molar-refractivity contribution in [3.63, 3.8) is 0 Å². The van der Waals surface area contributed by atoms with Gasteiger partial charge in [-0.25, -0.2) is 14.8 Å². The van der Waals surface area contributed by atoms with Crippen molar-refractivity contribution in [2.75, 3.05) is 12.4 Å². The molecule has 1 heterocycles. The summed E-state index contributed by atoms with van der Waals surface area (Å²) in [6, 6.07) is 27.6. The number of benzene rings is 4. The number of methoxy groups -OCH3 is 1. The Kier molecular flexibility index (Phi) is 12.6. The van der Waals surface area contributed by atoms with E-state index in [2.05, 4.69) is 21.5 Å². The molecule has 15 heteroatoms. The summed E-state index contributed by atoms with van der Waals surface area (Å²) in [7, 11) is -2.89. The summed E-state index contributed by atoms with van der Waals surface area (Å²) >= 11 is 1.43. The fraction of sp³-hybridized carbons (Fsp3) is 0.270. The van der Waals surface area contributed by atoms with Crippen molar-refractivity contribution in [2.45, 2.75) is 61.6 Å². The standard InChI is InChI=1S/C37H41N4O9PS/c1-37(2,3)49-36(44)41-40-30(22-24-14-18-28(19-15-24)50-51(45,46)48-23-25-10-6-5-7-11-25)34(42)39-32-33(26-16-20-27(47-4)21-17-26)52-31-13-9-8-12-29(31)38-35(32)43/h5-21,30,32-33,40H,22-23H2,1-4H3,(H,38,43)(H,39,42)(H,41,44)(H,45,46)/t30-,32+,33+/m0/s1. The molecule has 52 heavy (non-hydrogen) atoms. The van der Waals surface area contributed by atoms with Gasteiger partial charge in [-0.05, 0) is 80.3 Å². The van der Waals surface area contributed by atoms with Crippen LogP contribution < -0.4 is 30.7 Å². The maximum Gasteiger partial charge on any atom is 0.527 e. The molecule has 5 N–H and O–H groups in total. The zero-order chi connectivity index (χ0) is 37.3. The molecule has 13 nitrogen and oxygen atoms in total. The predicted molar refractivity (Wildman–Crippen MR) is 197 cm³/mol. The highest BCUT2D eigenvalue weighted by Crippen LogP contribution is 2.45. The van der Waals surface area contributed by atoms with Crippen LogP contribution in [0.1, 0.15) is 42.7 Å². The largest absolute Gasteiger partial charge is 0.527 e. The molecule has 1 aliphatic rings. The van der Waals surface area contributed by atoms with Crippen LogP contribution in [0.25, 0.3) is 0 Å². The third-order valence-electron chi connectivity index (χ3n) is 7.61. The van der Waals surface area contributed by atoms with Crippen LogP contribution in [0.3, 0.4) is 0 Å². The van der Waals surface area contributed by atoms with E-state index in [0.29, 0.717) is 22.6 Å². The Hall–Kier alpha value is -4.85. The first-order chi connectivity index (χ1) is 24.8. The van der Waals surface area contributed by atoms with Crippen LogP contribution in [0.4, 0.5) is 10.5 Å². The van der Waals surface area contributed by atoms with Gasteiger partial charge in [-0.2, -0.15) is 0 Å². The van der Waals surface area contributed by atoms with E-state index < -0.39 is 48.7 Å². The highest BCUT2D eigenvalue weighted by Gasteiger charge is 2.37. The topological polar surface area (TPSA) is 174 Å². The SMILES string of the molecule is COc1ccc([C@H]2Sc3ccccc3NC(=O)[C@@H]2NC(=O)[C@H](Cc2ccc(OP(=O)(O)OCc3ccccc3)cc2)NNC(=O)OC(C)(C)C)cc1. The molecular formula is C37H41N4O9PS. The van der Waals surface area contributed by atoms with E-state index in [4.69, 9.17) is 18.5 Å². The van der Waals surface area contributed by atoms with Crippen molar-refractivity contribution >= 4 is 43.2 Å². The van der Waals surface area contributed by atoms with Crippen LogP contribution >= 0.6 is 19.6 Å². The fourth-order valence-electron chi connectivity index (χ4n) is 5.15. The Labute approximate surface area is 306 Å². The molecule has 4 aromatic rings. The number of rotatable bonds is 13. The number of ether oxygens (including phenoxy) is 2. The Morgan fingerprint density at radius 2 is 1.56 bits per heavy atom. The highest BCUT2D eigenvalue weighted by atomic mass is 32.2. The van der Waals surface area contributed by atoms with Crippen molar-refractivity contribution in [1.29, 1.82) is 0 Å². The lowest BCUT2D eigenvalue weighted by molar-refractivity contribution is -0.128. The summed E-state index contributed by atoms with van der Waals surface area (Å²) in [6.45, 7) is 5.00. The molecule has 0 spiro atoms. The molecule has 4 aromatic carbocycles. The van der Waals surface area contributed by atoms with Crippen LogP contribution in [0.2, 0.25) is 0 Å². The smallest absolute Gasteiger partial charge is 0.497 e. The normalized spacial score (nSPS) is 17.3. The van der Waals surface area contributed by atoms with E-state index >= 15 is 0 Å². The zero-order valence-corrected chi connectivity index (χ0v) is 30.7. The number of anilines is 1. The molecule has 4 atom stereocenters. The summed E-state index contributed by atoms with van der Waals surface area (Å²) in [4.78, 5) is 51.5. The zero-order valence-electron chi connectivity index (χ0n) is 29.0. The van der Waals surface area contributed by atoms with Gasteiger partial charge in [0.15, 0.2) is 0 Å². The molecule has 1 unspecified atom stereocenters. The van der Waals surface area contributed by atoms with Crippen LogP contribution in [-0.4, -0.2) is 47.6 Å². The van der Waals surface area contributed by atoms with Crippen molar-refractivity contribution in [1.82, 2.24) is 16.2 Å². The summed E-state index contributed by atoms with van der Waals surface area (Å²) in [5.41, 5.74) is 7.10. The van der Waals surface area contributed by atoms with Crippen LogP contribution in [0.5, 0.6) is 11.5 Å². The lowest BCUT2D eigenvalue weighted by atomic mass is 10.0. The average molecular weight is 749 g/mol. The second-order valence-corrected chi connectivity index (χ2v) is 15.3. The highest BCUT2D eigenvalue weighted by molar-refractivity contribution is 7.99. The molecule has 0 saturated heterocycles. The Morgan fingerprint density at radius 3 is 2.23 bits per heavy atom. The third kappa shape index (κ3) is 11.1. The van der Waals surface area contributed by atoms with Gasteiger partial charge in [-0.15, -0.1) is 11.8 Å². The molecule has 0 fully saturated rings. The Morgan fingerprint density at radius 1 is 0.904 bits per heavy atom. The third-order valence-corrected chi connectivity index (χ3v) is 9.92. The number of amides is 3. The minimum atomic E-state index is -4.45. The van der Waals surface area contributed by atoms with Gasteiger partial charge in [-0.3, -0.25) is 24.4 Å². The number of hydrogen-bond acceptors (Lipinski definition) is 10. The van der Waals surface area contributed by atoms with Crippen LogP contribution in [0.15, 0.2) is 108 Å². The number of hydrazine groups is 1. The monoisotopic (exact) mass is 748 g/mol. The molecule has 274 valence electrons. The quantitative estimate of drug-likeness (QED) is 0.0767. The second-order valence-electron chi connectivity index (χ2n) is 12.8. The van der Waals surface area contributed by atoms with Gasteiger partial charge < -0.3 is 24.6 Å². The molecule has 0 bridgehead atoms. The minimum Gasteiger partial charge on any atom is -0.497 e.